The molecule has 0 aliphatic carbocycles. The molecule has 0 N–H and O–H groups in total. The van der Waals surface area contributed by atoms with Gasteiger partial charge in [0, 0.05) is 19.5 Å². The lowest BCUT2D eigenvalue weighted by Crippen LogP contribution is -2.37. The summed E-state index contributed by atoms with van der Waals surface area (Å²) in [6.07, 6.45) is 10.8. The molecule has 17 heavy (non-hydrogen) atoms. The molecule has 0 saturated carbocycles. The average Bonchev–Trinajstić information content (AvgIpc) is 2.34. The van der Waals surface area contributed by atoms with E-state index in [9.17, 15) is 4.79 Å². The smallest absolute Gasteiger partial charge is 0.222 e. The molecule has 1 saturated heterocycles. The standard InChI is InChI=1S/C15H29NO/c1-3-4-5-6-7-8-9-15(17)16-12-10-14(2)11-13-16/h14H,3-13H2,1-2H3. The van der Waals surface area contributed by atoms with Gasteiger partial charge in [-0.3, -0.25) is 4.79 Å². The summed E-state index contributed by atoms with van der Waals surface area (Å²) in [6, 6.07) is 0. The zero-order chi connectivity index (χ0) is 12.5. The lowest BCUT2D eigenvalue weighted by Gasteiger charge is -2.30. The second kappa shape index (κ2) is 8.54. The van der Waals surface area contributed by atoms with Gasteiger partial charge in [0.05, 0.1) is 0 Å². The molecule has 0 spiro atoms. The van der Waals surface area contributed by atoms with Crippen LogP contribution in [0.3, 0.4) is 0 Å². The third-order valence-corrected chi connectivity index (χ3v) is 3.88. The highest BCUT2D eigenvalue weighted by Crippen LogP contribution is 2.17. The van der Waals surface area contributed by atoms with Crippen LogP contribution in [0.5, 0.6) is 0 Å². The summed E-state index contributed by atoms with van der Waals surface area (Å²) >= 11 is 0. The lowest BCUT2D eigenvalue weighted by atomic mass is 9.99. The predicted molar refractivity (Wildman–Crippen MR) is 73.0 cm³/mol. The fourth-order valence-electron chi connectivity index (χ4n) is 2.47. The van der Waals surface area contributed by atoms with Crippen LogP contribution in [0.25, 0.3) is 0 Å². The molecule has 0 aromatic carbocycles. The van der Waals surface area contributed by atoms with Crippen molar-refractivity contribution < 1.29 is 4.79 Å². The number of carbonyl (C=O) groups excluding carboxylic acids is 1. The fraction of sp³-hybridized carbons (Fsp3) is 0.933. The van der Waals surface area contributed by atoms with E-state index in [1.54, 1.807) is 0 Å². The molecule has 0 unspecified atom stereocenters. The summed E-state index contributed by atoms with van der Waals surface area (Å²) in [4.78, 5) is 14.0. The van der Waals surface area contributed by atoms with E-state index in [1.807, 2.05) is 0 Å². The van der Waals surface area contributed by atoms with Gasteiger partial charge in [-0.15, -0.1) is 0 Å². The first-order chi connectivity index (χ1) is 8.24. The zero-order valence-electron chi connectivity index (χ0n) is 11.7. The van der Waals surface area contributed by atoms with E-state index < -0.39 is 0 Å². The van der Waals surface area contributed by atoms with Crippen LogP contribution in [0.2, 0.25) is 0 Å². The Labute approximate surface area is 107 Å². The third kappa shape index (κ3) is 6.09. The Hall–Kier alpha value is -0.530. The van der Waals surface area contributed by atoms with Crippen LogP contribution in [0.1, 0.15) is 71.6 Å². The second-order valence-corrected chi connectivity index (χ2v) is 5.58. The Morgan fingerprint density at radius 3 is 2.29 bits per heavy atom. The number of hydrogen-bond donors (Lipinski definition) is 0. The number of unbranched alkanes of at least 4 members (excludes halogenated alkanes) is 5. The van der Waals surface area contributed by atoms with Gasteiger partial charge in [-0.2, -0.15) is 0 Å². The summed E-state index contributed by atoms with van der Waals surface area (Å²) in [5, 5.41) is 0. The quantitative estimate of drug-likeness (QED) is 0.615. The molecule has 1 aliphatic heterocycles. The zero-order valence-corrected chi connectivity index (χ0v) is 11.7. The molecule has 0 atom stereocenters. The Balaban J connectivity index is 2.01. The molecular formula is C15H29NO. The minimum atomic E-state index is 0.396. The molecule has 0 radical (unpaired) electrons. The third-order valence-electron chi connectivity index (χ3n) is 3.88. The van der Waals surface area contributed by atoms with Gasteiger partial charge in [0.2, 0.25) is 5.91 Å². The molecule has 100 valence electrons. The van der Waals surface area contributed by atoms with Crippen molar-refractivity contribution in [2.75, 3.05) is 13.1 Å². The van der Waals surface area contributed by atoms with Gasteiger partial charge < -0.3 is 4.90 Å². The predicted octanol–water partition coefficient (Wildman–Crippen LogP) is 4.00. The van der Waals surface area contributed by atoms with Crippen LogP contribution in [0, 0.1) is 5.92 Å². The molecular weight excluding hydrogens is 210 g/mol. The first-order valence-corrected chi connectivity index (χ1v) is 7.51. The molecule has 1 amide bonds. The molecule has 2 heteroatoms. The maximum Gasteiger partial charge on any atom is 0.222 e. The van der Waals surface area contributed by atoms with Crippen molar-refractivity contribution in [3.63, 3.8) is 0 Å². The van der Waals surface area contributed by atoms with E-state index in [0.717, 1.165) is 31.8 Å². The number of carbonyl (C=O) groups is 1. The van der Waals surface area contributed by atoms with Crippen molar-refractivity contribution in [2.45, 2.75) is 71.6 Å². The second-order valence-electron chi connectivity index (χ2n) is 5.58. The molecule has 1 rings (SSSR count). The molecule has 1 fully saturated rings. The minimum absolute atomic E-state index is 0.396. The van der Waals surface area contributed by atoms with E-state index in [0.29, 0.717) is 5.91 Å². The van der Waals surface area contributed by atoms with Gasteiger partial charge in [0.15, 0.2) is 0 Å². The van der Waals surface area contributed by atoms with Gasteiger partial charge in [-0.1, -0.05) is 46.0 Å². The number of hydrogen-bond acceptors (Lipinski definition) is 1. The Kier molecular flexibility index (Phi) is 7.30. The molecule has 0 bridgehead atoms. The number of amides is 1. The summed E-state index contributed by atoms with van der Waals surface area (Å²) in [7, 11) is 0. The van der Waals surface area contributed by atoms with Gasteiger partial charge in [-0.25, -0.2) is 0 Å². The normalized spacial score (nSPS) is 17.4. The highest BCUT2D eigenvalue weighted by molar-refractivity contribution is 5.76. The SMILES string of the molecule is CCCCCCCCC(=O)N1CCC(C)CC1. The van der Waals surface area contributed by atoms with Crippen molar-refractivity contribution in [3.8, 4) is 0 Å². The van der Waals surface area contributed by atoms with Gasteiger partial charge in [-0.05, 0) is 25.2 Å². The number of likely N-dealkylation sites (tertiary alicyclic amines) is 1. The highest BCUT2D eigenvalue weighted by Gasteiger charge is 2.19. The van der Waals surface area contributed by atoms with Crippen molar-refractivity contribution >= 4 is 5.91 Å². The van der Waals surface area contributed by atoms with Crippen LogP contribution in [-0.2, 0) is 4.79 Å². The van der Waals surface area contributed by atoms with Crippen molar-refractivity contribution in [1.82, 2.24) is 4.90 Å². The summed E-state index contributed by atoms with van der Waals surface area (Å²) in [5.41, 5.74) is 0. The average molecular weight is 239 g/mol. The van der Waals surface area contributed by atoms with E-state index in [1.165, 1.54) is 44.9 Å². The molecule has 0 aromatic rings. The van der Waals surface area contributed by atoms with Gasteiger partial charge >= 0.3 is 0 Å². The maximum absolute atomic E-state index is 11.9. The summed E-state index contributed by atoms with van der Waals surface area (Å²) in [5.74, 6) is 1.21. The molecule has 2 nitrogen and oxygen atoms in total. The summed E-state index contributed by atoms with van der Waals surface area (Å²) in [6.45, 7) is 6.52. The number of nitrogens with zero attached hydrogens (tertiary/aromatic N) is 1. The van der Waals surface area contributed by atoms with Crippen LogP contribution < -0.4 is 0 Å². The molecule has 1 heterocycles. The van der Waals surface area contributed by atoms with Crippen LogP contribution in [-0.4, -0.2) is 23.9 Å². The van der Waals surface area contributed by atoms with E-state index in [-0.39, 0.29) is 0 Å². The molecule has 1 aliphatic rings. The van der Waals surface area contributed by atoms with Gasteiger partial charge in [0.25, 0.3) is 0 Å². The topological polar surface area (TPSA) is 20.3 Å². The number of piperidine rings is 1. The first-order valence-electron chi connectivity index (χ1n) is 7.51. The van der Waals surface area contributed by atoms with Crippen LogP contribution in [0.15, 0.2) is 0 Å². The minimum Gasteiger partial charge on any atom is -0.343 e. The van der Waals surface area contributed by atoms with Crippen LogP contribution in [0.4, 0.5) is 0 Å². The largest absolute Gasteiger partial charge is 0.343 e. The van der Waals surface area contributed by atoms with Gasteiger partial charge in [0.1, 0.15) is 0 Å². The highest BCUT2D eigenvalue weighted by atomic mass is 16.2. The Morgan fingerprint density at radius 1 is 1.06 bits per heavy atom. The maximum atomic E-state index is 11.9. The van der Waals surface area contributed by atoms with Crippen LogP contribution >= 0.6 is 0 Å². The van der Waals surface area contributed by atoms with Crippen molar-refractivity contribution in [1.29, 1.82) is 0 Å². The lowest BCUT2D eigenvalue weighted by molar-refractivity contribution is -0.132. The monoisotopic (exact) mass is 239 g/mol. The first kappa shape index (κ1) is 14.5. The van der Waals surface area contributed by atoms with E-state index >= 15 is 0 Å². The van der Waals surface area contributed by atoms with E-state index in [2.05, 4.69) is 18.7 Å². The fourth-order valence-corrected chi connectivity index (χ4v) is 2.47. The Bertz CT molecular complexity index is 207. The number of rotatable bonds is 7. The summed E-state index contributed by atoms with van der Waals surface area (Å²) < 4.78 is 0. The van der Waals surface area contributed by atoms with Crippen molar-refractivity contribution in [2.24, 2.45) is 5.92 Å². The Morgan fingerprint density at radius 2 is 1.65 bits per heavy atom. The van der Waals surface area contributed by atoms with E-state index in [4.69, 9.17) is 0 Å². The van der Waals surface area contributed by atoms with Crippen molar-refractivity contribution in [3.05, 3.63) is 0 Å². The molecule has 0 aromatic heterocycles.